The number of nitrogens with zero attached hydrogens (tertiary/aromatic N) is 1. The van der Waals surface area contributed by atoms with Crippen LogP contribution in [-0.2, 0) is 14.4 Å². The number of hydrogen-bond acceptors (Lipinski definition) is 6. The zero-order chi connectivity index (χ0) is 19.9. The molecule has 2 fully saturated rings. The third-order valence-electron chi connectivity index (χ3n) is 5.72. The first-order chi connectivity index (χ1) is 12.8. The number of carbonyl (C=O) groups is 3. The number of aliphatic carboxylic acids is 1. The number of likely N-dealkylation sites (tertiary alicyclic amines) is 1. The molecule has 3 rings (SSSR count). The van der Waals surface area contributed by atoms with Gasteiger partial charge in [-0.15, -0.1) is 0 Å². The first-order valence-electron chi connectivity index (χ1n) is 8.97. The SMILES string of the molecule is CSCC[C@@]1(C(=O)[O-])[NH2+][C@@H](c2ccccc2O)[C@H]2C(=O)N(C(C)C)C(=O)[C@@H]21. The zero-order valence-electron chi connectivity index (χ0n) is 15.5. The fraction of sp³-hybridized carbons (Fsp3) is 0.526. The number of para-hydroxylation sites is 1. The van der Waals surface area contributed by atoms with Crippen molar-refractivity contribution in [2.75, 3.05) is 12.0 Å². The standard InChI is InChI=1S/C19H24N2O5S/c1-10(2)21-16(23)13-14(17(21)24)19(18(25)26,8-9-27-3)20-15(13)11-6-4-5-7-12(11)22/h4-7,10,13-15,20,22H,8-9H2,1-3H3,(H,25,26)/t13-,14+,15-,19+/m0/s1. The van der Waals surface area contributed by atoms with Crippen molar-refractivity contribution in [1.29, 1.82) is 0 Å². The molecular weight excluding hydrogens is 368 g/mol. The highest BCUT2D eigenvalue weighted by atomic mass is 32.2. The number of quaternary nitrogens is 1. The van der Waals surface area contributed by atoms with Crippen molar-refractivity contribution in [3.05, 3.63) is 29.8 Å². The molecule has 0 saturated carbocycles. The molecule has 0 bridgehead atoms. The second kappa shape index (κ2) is 7.16. The number of imide groups is 1. The summed E-state index contributed by atoms with van der Waals surface area (Å²) in [5, 5.41) is 24.1. The molecule has 7 nitrogen and oxygen atoms in total. The smallest absolute Gasteiger partial charge is 0.240 e. The molecule has 0 unspecified atom stereocenters. The summed E-state index contributed by atoms with van der Waals surface area (Å²) < 4.78 is 0. The van der Waals surface area contributed by atoms with Gasteiger partial charge in [0, 0.05) is 12.5 Å². The van der Waals surface area contributed by atoms with Gasteiger partial charge in [-0.3, -0.25) is 14.5 Å². The van der Waals surface area contributed by atoms with Gasteiger partial charge in [0.1, 0.15) is 29.6 Å². The fourth-order valence-electron chi connectivity index (χ4n) is 4.51. The van der Waals surface area contributed by atoms with Crippen molar-refractivity contribution in [2.24, 2.45) is 11.8 Å². The van der Waals surface area contributed by atoms with Gasteiger partial charge in [-0.05, 0) is 38.0 Å². The van der Waals surface area contributed by atoms with Crippen LogP contribution in [0.3, 0.4) is 0 Å². The lowest BCUT2D eigenvalue weighted by Crippen LogP contribution is -2.99. The predicted octanol–water partition coefficient (Wildman–Crippen LogP) is -0.738. The van der Waals surface area contributed by atoms with Crippen LogP contribution in [-0.4, -0.2) is 51.4 Å². The Balaban J connectivity index is 2.16. The molecule has 3 N–H and O–H groups in total. The number of phenolic OH excluding ortho intramolecular Hbond substituents is 1. The van der Waals surface area contributed by atoms with Crippen LogP contribution in [0.15, 0.2) is 24.3 Å². The molecule has 2 aliphatic rings. The number of carboxylic acids is 1. The van der Waals surface area contributed by atoms with E-state index in [9.17, 15) is 24.6 Å². The van der Waals surface area contributed by atoms with Crippen molar-refractivity contribution in [1.82, 2.24) is 4.90 Å². The maximum atomic E-state index is 13.1. The van der Waals surface area contributed by atoms with Crippen molar-refractivity contribution in [2.45, 2.75) is 37.9 Å². The van der Waals surface area contributed by atoms with Crippen LogP contribution in [0.4, 0.5) is 0 Å². The third-order valence-corrected chi connectivity index (χ3v) is 6.33. The Labute approximate surface area is 162 Å². The van der Waals surface area contributed by atoms with Crippen molar-refractivity contribution in [3.63, 3.8) is 0 Å². The molecule has 2 heterocycles. The van der Waals surface area contributed by atoms with Gasteiger partial charge in [-0.1, -0.05) is 12.1 Å². The Bertz CT molecular complexity index is 783. The van der Waals surface area contributed by atoms with Gasteiger partial charge < -0.3 is 20.3 Å². The molecule has 0 radical (unpaired) electrons. The number of phenols is 1. The molecule has 1 aromatic rings. The number of thioether (sulfide) groups is 1. The Kier molecular flexibility index (Phi) is 5.22. The molecule has 2 aliphatic heterocycles. The quantitative estimate of drug-likeness (QED) is 0.617. The van der Waals surface area contributed by atoms with E-state index in [-0.39, 0.29) is 24.1 Å². The highest BCUT2D eigenvalue weighted by Gasteiger charge is 2.69. The van der Waals surface area contributed by atoms with Gasteiger partial charge in [0.25, 0.3) is 0 Å². The number of fused-ring (bicyclic) bond motifs is 1. The normalized spacial score (nSPS) is 30.2. The Morgan fingerprint density at radius 2 is 2.00 bits per heavy atom. The molecule has 4 atom stereocenters. The van der Waals surface area contributed by atoms with E-state index >= 15 is 0 Å². The minimum Gasteiger partial charge on any atom is -0.544 e. The van der Waals surface area contributed by atoms with E-state index in [1.54, 1.807) is 37.4 Å². The van der Waals surface area contributed by atoms with Crippen LogP contribution in [0, 0.1) is 11.8 Å². The number of carbonyl (C=O) groups excluding carboxylic acids is 3. The van der Waals surface area contributed by atoms with Gasteiger partial charge in [0.15, 0.2) is 5.54 Å². The Morgan fingerprint density at radius 1 is 1.33 bits per heavy atom. The van der Waals surface area contributed by atoms with Gasteiger partial charge in [0.05, 0.1) is 5.56 Å². The van der Waals surface area contributed by atoms with Crippen molar-refractivity contribution >= 4 is 29.5 Å². The summed E-state index contributed by atoms with van der Waals surface area (Å²) in [4.78, 5) is 39.7. The van der Waals surface area contributed by atoms with E-state index in [4.69, 9.17) is 0 Å². The zero-order valence-corrected chi connectivity index (χ0v) is 16.4. The summed E-state index contributed by atoms with van der Waals surface area (Å²) in [5.74, 6) is -3.51. The lowest BCUT2D eigenvalue weighted by molar-refractivity contribution is -0.739. The first-order valence-corrected chi connectivity index (χ1v) is 10.4. The van der Waals surface area contributed by atoms with Crippen LogP contribution < -0.4 is 10.4 Å². The predicted molar refractivity (Wildman–Crippen MR) is 97.5 cm³/mol. The molecule has 8 heteroatoms. The molecular formula is C19H24N2O5S. The number of hydrogen-bond donors (Lipinski definition) is 2. The van der Waals surface area contributed by atoms with E-state index in [0.717, 1.165) is 0 Å². The lowest BCUT2D eigenvalue weighted by atomic mass is 9.78. The van der Waals surface area contributed by atoms with Gasteiger partial charge in [-0.2, -0.15) is 11.8 Å². The summed E-state index contributed by atoms with van der Waals surface area (Å²) in [6.07, 6.45) is 2.06. The van der Waals surface area contributed by atoms with Crippen LogP contribution in [0.25, 0.3) is 0 Å². The van der Waals surface area contributed by atoms with Gasteiger partial charge in [-0.25, -0.2) is 0 Å². The minimum atomic E-state index is -1.53. The molecule has 146 valence electrons. The molecule has 0 aromatic heterocycles. The number of nitrogens with two attached hydrogens (primary N) is 1. The van der Waals surface area contributed by atoms with E-state index in [2.05, 4.69) is 0 Å². The first kappa shape index (κ1) is 19.7. The number of aromatic hydroxyl groups is 1. The summed E-state index contributed by atoms with van der Waals surface area (Å²) in [6, 6.07) is 5.54. The maximum absolute atomic E-state index is 13.1. The fourth-order valence-corrected chi connectivity index (χ4v) is 5.06. The largest absolute Gasteiger partial charge is 0.544 e. The topological polar surface area (TPSA) is 114 Å². The van der Waals surface area contributed by atoms with Crippen LogP contribution in [0.1, 0.15) is 31.9 Å². The van der Waals surface area contributed by atoms with Crippen LogP contribution in [0.2, 0.25) is 0 Å². The maximum Gasteiger partial charge on any atom is 0.240 e. The molecule has 0 spiro atoms. The van der Waals surface area contributed by atoms with Crippen molar-refractivity contribution < 1.29 is 29.9 Å². The molecule has 2 amide bonds. The monoisotopic (exact) mass is 392 g/mol. The number of carboxylic acid groups (broad SMARTS) is 1. The molecule has 27 heavy (non-hydrogen) atoms. The lowest BCUT2D eigenvalue weighted by Gasteiger charge is -2.33. The van der Waals surface area contributed by atoms with E-state index in [1.165, 1.54) is 22.7 Å². The second-order valence-corrected chi connectivity index (χ2v) is 8.45. The third kappa shape index (κ3) is 2.91. The van der Waals surface area contributed by atoms with E-state index in [1.807, 2.05) is 6.26 Å². The molecule has 0 aliphatic carbocycles. The second-order valence-electron chi connectivity index (χ2n) is 7.47. The van der Waals surface area contributed by atoms with E-state index < -0.39 is 35.3 Å². The van der Waals surface area contributed by atoms with Gasteiger partial charge >= 0.3 is 0 Å². The summed E-state index contributed by atoms with van der Waals surface area (Å²) >= 11 is 1.48. The van der Waals surface area contributed by atoms with Crippen LogP contribution >= 0.6 is 11.8 Å². The van der Waals surface area contributed by atoms with E-state index in [0.29, 0.717) is 11.3 Å². The minimum absolute atomic E-state index is 0.0141. The Morgan fingerprint density at radius 3 is 2.56 bits per heavy atom. The molecule has 1 aromatic carbocycles. The Hall–Kier alpha value is -2.06. The van der Waals surface area contributed by atoms with Gasteiger partial charge in [0.2, 0.25) is 11.8 Å². The highest BCUT2D eigenvalue weighted by molar-refractivity contribution is 7.98. The number of benzene rings is 1. The summed E-state index contributed by atoms with van der Waals surface area (Å²) in [5.41, 5.74) is -1.07. The average molecular weight is 392 g/mol. The summed E-state index contributed by atoms with van der Waals surface area (Å²) in [6.45, 7) is 3.47. The number of rotatable bonds is 6. The molecule has 2 saturated heterocycles. The average Bonchev–Trinajstić information content (AvgIpc) is 3.08. The van der Waals surface area contributed by atoms with Crippen LogP contribution in [0.5, 0.6) is 5.75 Å². The highest BCUT2D eigenvalue weighted by Crippen LogP contribution is 2.47. The number of amides is 2. The van der Waals surface area contributed by atoms with Crippen molar-refractivity contribution in [3.8, 4) is 5.75 Å². The summed E-state index contributed by atoms with van der Waals surface area (Å²) in [7, 11) is 0.